The van der Waals surface area contributed by atoms with Gasteiger partial charge in [0.1, 0.15) is 11.1 Å². The van der Waals surface area contributed by atoms with Crippen molar-refractivity contribution in [3.05, 3.63) is 39.7 Å². The van der Waals surface area contributed by atoms with Crippen molar-refractivity contribution in [2.75, 3.05) is 13.7 Å². The van der Waals surface area contributed by atoms with Gasteiger partial charge in [-0.25, -0.2) is 0 Å². The Bertz CT molecular complexity index is 666. The Labute approximate surface area is 121 Å². The molecule has 8 nitrogen and oxygen atoms in total. The topological polar surface area (TPSA) is 117 Å². The van der Waals surface area contributed by atoms with Crippen LogP contribution in [0.2, 0.25) is 0 Å². The van der Waals surface area contributed by atoms with Crippen LogP contribution in [-0.4, -0.2) is 28.8 Å². The maximum Gasteiger partial charge on any atom is 0.282 e. The van der Waals surface area contributed by atoms with Crippen LogP contribution >= 0.6 is 0 Å². The van der Waals surface area contributed by atoms with E-state index in [1.54, 1.807) is 26.0 Å². The fourth-order valence-corrected chi connectivity index (χ4v) is 2.00. The second-order valence-electron chi connectivity index (χ2n) is 5.00. The van der Waals surface area contributed by atoms with E-state index in [1.165, 1.54) is 13.2 Å². The fraction of sp³-hybridized carbons (Fsp3) is 0.385. The molecule has 1 aromatic heterocycles. The summed E-state index contributed by atoms with van der Waals surface area (Å²) < 4.78 is 10.2. The Kier molecular flexibility index (Phi) is 4.01. The highest BCUT2D eigenvalue weighted by atomic mass is 16.6. The van der Waals surface area contributed by atoms with E-state index in [9.17, 15) is 10.1 Å². The predicted molar refractivity (Wildman–Crippen MR) is 74.5 cm³/mol. The van der Waals surface area contributed by atoms with Crippen molar-refractivity contribution in [1.29, 1.82) is 0 Å². The summed E-state index contributed by atoms with van der Waals surface area (Å²) in [5.74, 6) is 0.305. The molecular weight excluding hydrogens is 276 g/mol. The van der Waals surface area contributed by atoms with Gasteiger partial charge in [-0.05, 0) is 19.4 Å². The second-order valence-corrected chi connectivity index (χ2v) is 5.00. The Morgan fingerprint density at radius 3 is 2.86 bits per heavy atom. The zero-order valence-electron chi connectivity index (χ0n) is 12.0. The first kappa shape index (κ1) is 15.1. The summed E-state index contributed by atoms with van der Waals surface area (Å²) in [5.41, 5.74) is 5.98. The van der Waals surface area contributed by atoms with Gasteiger partial charge < -0.3 is 15.0 Å². The van der Waals surface area contributed by atoms with Gasteiger partial charge in [-0.15, -0.1) is 0 Å². The second kappa shape index (κ2) is 5.58. The molecule has 2 aromatic rings. The monoisotopic (exact) mass is 292 g/mol. The first-order chi connectivity index (χ1) is 9.86. The zero-order valence-corrected chi connectivity index (χ0v) is 12.0. The van der Waals surface area contributed by atoms with Crippen LogP contribution in [0.15, 0.2) is 22.7 Å². The minimum Gasteiger partial charge on any atom is -0.382 e. The lowest BCUT2D eigenvalue weighted by Crippen LogP contribution is -2.38. The Morgan fingerprint density at radius 1 is 1.52 bits per heavy atom. The number of rotatable bonds is 5. The lowest BCUT2D eigenvalue weighted by atomic mass is 10.0. The third-order valence-electron chi connectivity index (χ3n) is 3.04. The van der Waals surface area contributed by atoms with Gasteiger partial charge in [-0.3, -0.25) is 10.1 Å². The number of methoxy groups -OCH3 is 1. The van der Waals surface area contributed by atoms with Gasteiger partial charge in [0, 0.05) is 13.2 Å². The largest absolute Gasteiger partial charge is 0.382 e. The molecular formula is C13H16N4O4. The lowest BCUT2D eigenvalue weighted by molar-refractivity contribution is -0.384. The van der Waals surface area contributed by atoms with Crippen LogP contribution in [0.25, 0.3) is 11.5 Å². The van der Waals surface area contributed by atoms with E-state index in [0.29, 0.717) is 11.1 Å². The molecule has 0 saturated carbocycles. The molecule has 2 N–H and O–H groups in total. The number of benzene rings is 1. The first-order valence-corrected chi connectivity index (χ1v) is 6.23. The summed E-state index contributed by atoms with van der Waals surface area (Å²) in [6, 6.07) is 4.73. The summed E-state index contributed by atoms with van der Waals surface area (Å²) in [6.45, 7) is 3.63. The van der Waals surface area contributed by atoms with E-state index >= 15 is 0 Å². The third-order valence-corrected chi connectivity index (χ3v) is 3.04. The molecule has 0 amide bonds. The van der Waals surface area contributed by atoms with Crippen LogP contribution in [0.4, 0.5) is 5.69 Å². The molecule has 2 rings (SSSR count). The smallest absolute Gasteiger partial charge is 0.282 e. The molecule has 0 bridgehead atoms. The van der Waals surface area contributed by atoms with Crippen molar-refractivity contribution in [3.63, 3.8) is 0 Å². The third kappa shape index (κ3) is 2.91. The Hall–Kier alpha value is -2.32. The quantitative estimate of drug-likeness (QED) is 0.659. The molecule has 0 saturated heterocycles. The minimum atomic E-state index is -0.937. The number of ether oxygens (including phenoxy) is 1. The summed E-state index contributed by atoms with van der Waals surface area (Å²) in [6.07, 6.45) is 0. The van der Waals surface area contributed by atoms with E-state index in [4.69, 9.17) is 15.0 Å². The number of aryl methyl sites for hydroxylation is 1. The lowest BCUT2D eigenvalue weighted by Gasteiger charge is -2.18. The van der Waals surface area contributed by atoms with Gasteiger partial charge in [0.25, 0.3) is 11.6 Å². The summed E-state index contributed by atoms with van der Waals surface area (Å²) in [7, 11) is 1.51. The molecule has 1 heterocycles. The molecule has 21 heavy (non-hydrogen) atoms. The molecule has 8 heteroatoms. The summed E-state index contributed by atoms with van der Waals surface area (Å²) in [5, 5.41) is 14.9. The highest BCUT2D eigenvalue weighted by Gasteiger charge is 2.30. The van der Waals surface area contributed by atoms with Gasteiger partial charge in [0.2, 0.25) is 0 Å². The molecule has 0 radical (unpaired) electrons. The average Bonchev–Trinajstić information content (AvgIpc) is 2.88. The van der Waals surface area contributed by atoms with Gasteiger partial charge in [0.05, 0.1) is 11.5 Å². The SMILES string of the molecule is COCC(C)(N)c1noc(-c2c(C)cccc2[N+](=O)[O-])n1. The molecule has 0 aliphatic heterocycles. The van der Waals surface area contributed by atoms with Crippen molar-refractivity contribution in [2.24, 2.45) is 5.73 Å². The number of nitro benzene ring substituents is 1. The van der Waals surface area contributed by atoms with E-state index in [-0.39, 0.29) is 24.0 Å². The first-order valence-electron chi connectivity index (χ1n) is 6.23. The van der Waals surface area contributed by atoms with E-state index in [2.05, 4.69) is 10.1 Å². The van der Waals surface area contributed by atoms with E-state index in [0.717, 1.165) is 0 Å². The van der Waals surface area contributed by atoms with Crippen molar-refractivity contribution in [1.82, 2.24) is 10.1 Å². The number of nitrogens with zero attached hydrogens (tertiary/aromatic N) is 3. The summed E-state index contributed by atoms with van der Waals surface area (Å²) >= 11 is 0. The number of aromatic nitrogens is 2. The maximum atomic E-state index is 11.1. The molecule has 1 unspecified atom stereocenters. The number of hydrogen-bond donors (Lipinski definition) is 1. The van der Waals surface area contributed by atoms with E-state index in [1.807, 2.05) is 0 Å². The fourth-order valence-electron chi connectivity index (χ4n) is 2.00. The van der Waals surface area contributed by atoms with Crippen LogP contribution < -0.4 is 5.73 Å². The average molecular weight is 292 g/mol. The van der Waals surface area contributed by atoms with Crippen LogP contribution in [0.1, 0.15) is 18.3 Å². The number of hydrogen-bond acceptors (Lipinski definition) is 7. The maximum absolute atomic E-state index is 11.1. The molecule has 1 aromatic carbocycles. The number of nitrogens with two attached hydrogens (primary N) is 1. The zero-order chi connectivity index (χ0) is 15.6. The van der Waals surface area contributed by atoms with Crippen molar-refractivity contribution in [2.45, 2.75) is 19.4 Å². The highest BCUT2D eigenvalue weighted by Crippen LogP contribution is 2.32. The van der Waals surface area contributed by atoms with Crippen molar-refractivity contribution in [3.8, 4) is 11.5 Å². The van der Waals surface area contributed by atoms with Crippen LogP contribution in [0.5, 0.6) is 0 Å². The minimum absolute atomic E-state index is 0.0718. The van der Waals surface area contributed by atoms with E-state index < -0.39 is 10.5 Å². The van der Waals surface area contributed by atoms with Crippen molar-refractivity contribution < 1.29 is 14.2 Å². The summed E-state index contributed by atoms with van der Waals surface area (Å²) in [4.78, 5) is 14.8. The molecule has 112 valence electrons. The Balaban J connectivity index is 2.50. The molecule has 0 aliphatic rings. The molecule has 1 atom stereocenters. The molecule has 0 aliphatic carbocycles. The van der Waals surface area contributed by atoms with Gasteiger partial charge in [-0.2, -0.15) is 4.98 Å². The Morgan fingerprint density at radius 2 is 2.24 bits per heavy atom. The van der Waals surface area contributed by atoms with Crippen LogP contribution in [-0.2, 0) is 10.3 Å². The number of nitro groups is 1. The highest BCUT2D eigenvalue weighted by molar-refractivity contribution is 5.70. The van der Waals surface area contributed by atoms with Crippen LogP contribution in [0, 0.1) is 17.0 Å². The van der Waals surface area contributed by atoms with Gasteiger partial charge in [-0.1, -0.05) is 17.3 Å². The standard InChI is InChI=1S/C13H16N4O4/c1-8-5-4-6-9(17(18)19)10(8)11-15-12(16-21-11)13(2,14)7-20-3/h4-6H,7,14H2,1-3H3. The normalized spacial score (nSPS) is 13.9. The van der Waals surface area contributed by atoms with Crippen LogP contribution in [0.3, 0.4) is 0 Å². The van der Waals surface area contributed by atoms with Gasteiger partial charge in [0.15, 0.2) is 5.82 Å². The van der Waals surface area contributed by atoms with Gasteiger partial charge >= 0.3 is 0 Å². The molecule has 0 fully saturated rings. The molecule has 0 spiro atoms. The predicted octanol–water partition coefficient (Wildman–Crippen LogP) is 1.77. The van der Waals surface area contributed by atoms with Crippen molar-refractivity contribution >= 4 is 5.69 Å².